The third-order valence-electron chi connectivity index (χ3n) is 2.40. The number of anilines is 1. The van der Waals surface area contributed by atoms with Gasteiger partial charge in [0.05, 0.1) is 5.69 Å². The van der Waals surface area contributed by atoms with Gasteiger partial charge in [0.1, 0.15) is 0 Å². The minimum absolute atomic E-state index is 0.508. The van der Waals surface area contributed by atoms with E-state index in [0.29, 0.717) is 5.15 Å². The standard InChI is InChI=1S/C13H13ClN2S/c1-17-11-6-4-10(5-7-11)9-16-12-3-2-8-15-13(12)14/h2-8,16H,9H2,1H3. The van der Waals surface area contributed by atoms with Crippen molar-refractivity contribution in [2.45, 2.75) is 11.4 Å². The fourth-order valence-corrected chi connectivity index (χ4v) is 2.05. The van der Waals surface area contributed by atoms with Crippen LogP contribution in [-0.2, 0) is 6.54 Å². The van der Waals surface area contributed by atoms with Crippen LogP contribution in [0.2, 0.25) is 5.15 Å². The highest BCUT2D eigenvalue weighted by molar-refractivity contribution is 7.98. The molecular formula is C13H13ClN2S. The molecule has 0 aliphatic heterocycles. The summed E-state index contributed by atoms with van der Waals surface area (Å²) in [4.78, 5) is 5.29. The molecule has 1 heterocycles. The highest BCUT2D eigenvalue weighted by Gasteiger charge is 1.99. The summed E-state index contributed by atoms with van der Waals surface area (Å²) < 4.78 is 0. The molecule has 0 atom stereocenters. The maximum Gasteiger partial charge on any atom is 0.152 e. The molecule has 1 aromatic heterocycles. The molecule has 1 aromatic carbocycles. The lowest BCUT2D eigenvalue weighted by Crippen LogP contribution is -2.00. The molecule has 0 aliphatic rings. The number of pyridine rings is 1. The summed E-state index contributed by atoms with van der Waals surface area (Å²) >= 11 is 7.70. The Morgan fingerprint density at radius 1 is 1.24 bits per heavy atom. The Kier molecular flexibility index (Phi) is 4.29. The molecule has 0 radical (unpaired) electrons. The van der Waals surface area contributed by atoms with E-state index in [4.69, 9.17) is 11.6 Å². The first-order chi connectivity index (χ1) is 8.29. The molecule has 2 nitrogen and oxygen atoms in total. The molecule has 0 bridgehead atoms. The monoisotopic (exact) mass is 264 g/mol. The van der Waals surface area contributed by atoms with Gasteiger partial charge in [-0.2, -0.15) is 0 Å². The van der Waals surface area contributed by atoms with Crippen molar-refractivity contribution < 1.29 is 0 Å². The first kappa shape index (κ1) is 12.3. The zero-order valence-electron chi connectivity index (χ0n) is 9.48. The van der Waals surface area contributed by atoms with Crippen LogP contribution in [0.25, 0.3) is 0 Å². The molecule has 0 saturated heterocycles. The van der Waals surface area contributed by atoms with E-state index in [9.17, 15) is 0 Å². The second-order valence-corrected chi connectivity index (χ2v) is 4.78. The van der Waals surface area contributed by atoms with E-state index >= 15 is 0 Å². The van der Waals surface area contributed by atoms with E-state index in [-0.39, 0.29) is 0 Å². The van der Waals surface area contributed by atoms with Crippen LogP contribution in [0.4, 0.5) is 5.69 Å². The quantitative estimate of drug-likeness (QED) is 0.666. The van der Waals surface area contributed by atoms with Crippen molar-refractivity contribution in [1.29, 1.82) is 0 Å². The molecule has 0 unspecified atom stereocenters. The lowest BCUT2D eigenvalue weighted by Gasteiger charge is -2.07. The van der Waals surface area contributed by atoms with Crippen LogP contribution in [0, 0.1) is 0 Å². The number of rotatable bonds is 4. The average Bonchev–Trinajstić information content (AvgIpc) is 2.38. The van der Waals surface area contributed by atoms with E-state index in [1.54, 1.807) is 18.0 Å². The Labute approximate surface area is 110 Å². The van der Waals surface area contributed by atoms with E-state index in [1.807, 2.05) is 12.1 Å². The number of benzene rings is 1. The zero-order valence-corrected chi connectivity index (χ0v) is 11.1. The van der Waals surface area contributed by atoms with Gasteiger partial charge in [-0.25, -0.2) is 4.98 Å². The number of hydrogen-bond donors (Lipinski definition) is 1. The number of aromatic nitrogens is 1. The van der Waals surface area contributed by atoms with Gasteiger partial charge in [-0.1, -0.05) is 23.7 Å². The molecule has 0 spiro atoms. The second-order valence-electron chi connectivity index (χ2n) is 3.54. The van der Waals surface area contributed by atoms with Gasteiger partial charge in [-0.15, -0.1) is 11.8 Å². The summed E-state index contributed by atoms with van der Waals surface area (Å²) in [6, 6.07) is 12.3. The van der Waals surface area contributed by atoms with E-state index < -0.39 is 0 Å². The van der Waals surface area contributed by atoms with Gasteiger partial charge in [0, 0.05) is 17.6 Å². The zero-order chi connectivity index (χ0) is 12.1. The molecule has 2 rings (SSSR count). The summed E-state index contributed by atoms with van der Waals surface area (Å²) in [5, 5.41) is 3.77. The van der Waals surface area contributed by atoms with Gasteiger partial charge >= 0.3 is 0 Å². The predicted molar refractivity (Wildman–Crippen MR) is 74.8 cm³/mol. The number of thioether (sulfide) groups is 1. The van der Waals surface area contributed by atoms with Gasteiger partial charge in [0.25, 0.3) is 0 Å². The normalized spacial score (nSPS) is 10.2. The highest BCUT2D eigenvalue weighted by Crippen LogP contribution is 2.19. The molecule has 0 saturated carbocycles. The van der Waals surface area contributed by atoms with Gasteiger partial charge in [-0.05, 0) is 36.1 Å². The number of nitrogens with zero attached hydrogens (tertiary/aromatic N) is 1. The Balaban J connectivity index is 2.00. The maximum atomic E-state index is 5.96. The highest BCUT2D eigenvalue weighted by atomic mass is 35.5. The molecule has 0 aliphatic carbocycles. The topological polar surface area (TPSA) is 24.9 Å². The van der Waals surface area contributed by atoms with Crippen LogP contribution in [0.3, 0.4) is 0 Å². The smallest absolute Gasteiger partial charge is 0.152 e. The van der Waals surface area contributed by atoms with Crippen LogP contribution < -0.4 is 5.32 Å². The van der Waals surface area contributed by atoms with Crippen molar-refractivity contribution in [1.82, 2.24) is 4.98 Å². The molecule has 2 aromatic rings. The van der Waals surface area contributed by atoms with Crippen LogP contribution in [0.1, 0.15) is 5.56 Å². The van der Waals surface area contributed by atoms with Crippen molar-refractivity contribution in [3.05, 3.63) is 53.3 Å². The van der Waals surface area contributed by atoms with E-state index in [0.717, 1.165) is 12.2 Å². The van der Waals surface area contributed by atoms with Crippen LogP contribution in [0.5, 0.6) is 0 Å². The Hall–Kier alpha value is -1.19. The molecule has 88 valence electrons. The predicted octanol–water partition coefficient (Wildman–Crippen LogP) is 4.07. The first-order valence-corrected chi connectivity index (χ1v) is 6.87. The fraction of sp³-hybridized carbons (Fsp3) is 0.154. The summed E-state index contributed by atoms with van der Waals surface area (Å²) in [5.74, 6) is 0. The van der Waals surface area contributed by atoms with Crippen molar-refractivity contribution in [3.63, 3.8) is 0 Å². The SMILES string of the molecule is CSc1ccc(CNc2cccnc2Cl)cc1. The van der Waals surface area contributed by atoms with Crippen LogP contribution >= 0.6 is 23.4 Å². The average molecular weight is 265 g/mol. The van der Waals surface area contributed by atoms with Crippen molar-refractivity contribution in [2.75, 3.05) is 11.6 Å². The summed E-state index contributed by atoms with van der Waals surface area (Å²) in [6.07, 6.45) is 3.75. The van der Waals surface area contributed by atoms with Crippen LogP contribution in [0.15, 0.2) is 47.5 Å². The molecule has 17 heavy (non-hydrogen) atoms. The first-order valence-electron chi connectivity index (χ1n) is 5.27. The Bertz CT molecular complexity index is 485. The van der Waals surface area contributed by atoms with Crippen molar-refractivity contribution in [2.24, 2.45) is 0 Å². The Morgan fingerprint density at radius 2 is 2.00 bits per heavy atom. The molecule has 1 N–H and O–H groups in total. The lowest BCUT2D eigenvalue weighted by molar-refractivity contribution is 1.13. The second kappa shape index (κ2) is 5.94. The summed E-state index contributed by atoms with van der Waals surface area (Å²) in [6.45, 7) is 0.750. The third kappa shape index (κ3) is 3.38. The minimum atomic E-state index is 0.508. The minimum Gasteiger partial charge on any atom is -0.378 e. The largest absolute Gasteiger partial charge is 0.378 e. The van der Waals surface area contributed by atoms with E-state index in [1.165, 1.54) is 10.5 Å². The third-order valence-corrected chi connectivity index (χ3v) is 3.45. The number of halogens is 1. The van der Waals surface area contributed by atoms with Crippen molar-refractivity contribution >= 4 is 29.1 Å². The van der Waals surface area contributed by atoms with Crippen molar-refractivity contribution in [3.8, 4) is 0 Å². The molecule has 0 amide bonds. The van der Waals surface area contributed by atoms with Crippen LogP contribution in [-0.4, -0.2) is 11.2 Å². The maximum absolute atomic E-state index is 5.96. The Morgan fingerprint density at radius 3 is 2.65 bits per heavy atom. The van der Waals surface area contributed by atoms with Gasteiger partial charge < -0.3 is 5.32 Å². The van der Waals surface area contributed by atoms with Gasteiger partial charge in [0.2, 0.25) is 0 Å². The number of nitrogens with one attached hydrogen (secondary N) is 1. The summed E-state index contributed by atoms with van der Waals surface area (Å²) in [5.41, 5.74) is 2.09. The lowest BCUT2D eigenvalue weighted by atomic mass is 10.2. The van der Waals surface area contributed by atoms with Gasteiger partial charge in [-0.3, -0.25) is 0 Å². The summed E-state index contributed by atoms with van der Waals surface area (Å²) in [7, 11) is 0. The van der Waals surface area contributed by atoms with Gasteiger partial charge in [0.15, 0.2) is 5.15 Å². The fourth-order valence-electron chi connectivity index (χ4n) is 1.46. The molecular weight excluding hydrogens is 252 g/mol. The van der Waals surface area contributed by atoms with E-state index in [2.05, 4.69) is 40.8 Å². The molecule has 4 heteroatoms. The molecule has 0 fully saturated rings. The number of hydrogen-bond acceptors (Lipinski definition) is 3.